The predicted octanol–water partition coefficient (Wildman–Crippen LogP) is 5.17. The number of nitrogens with zero attached hydrogens (tertiary/aromatic N) is 4. The van der Waals surface area contributed by atoms with Gasteiger partial charge in [0.05, 0.1) is 23.6 Å². The van der Waals surface area contributed by atoms with Crippen LogP contribution >= 0.6 is 0 Å². The molecule has 0 saturated carbocycles. The molecule has 0 unspecified atom stereocenters. The van der Waals surface area contributed by atoms with Gasteiger partial charge in [-0.2, -0.15) is 0 Å². The van der Waals surface area contributed by atoms with E-state index in [-0.39, 0.29) is 23.8 Å². The number of hydrogen-bond acceptors (Lipinski definition) is 5. The molecule has 2 fully saturated rings. The highest BCUT2D eigenvalue weighted by molar-refractivity contribution is 5.76. The molecule has 2 amide bonds. The van der Waals surface area contributed by atoms with Crippen molar-refractivity contribution in [2.45, 2.75) is 51.1 Å². The second kappa shape index (κ2) is 12.3. The summed E-state index contributed by atoms with van der Waals surface area (Å²) in [7, 11) is 0. The van der Waals surface area contributed by atoms with E-state index in [4.69, 9.17) is 0 Å². The summed E-state index contributed by atoms with van der Waals surface area (Å²) in [5, 5.41) is 3.30. The summed E-state index contributed by atoms with van der Waals surface area (Å²) in [6.45, 7) is 7.46. The molecule has 0 radical (unpaired) electrons. The van der Waals surface area contributed by atoms with Crippen LogP contribution in [-0.4, -0.2) is 64.5 Å². The van der Waals surface area contributed by atoms with Crippen LogP contribution < -0.4 is 5.32 Å². The second-order valence-corrected chi connectivity index (χ2v) is 10.3. The first-order valence-electron chi connectivity index (χ1n) is 13.9. The van der Waals surface area contributed by atoms with Crippen molar-refractivity contribution in [2.75, 3.05) is 19.6 Å². The highest BCUT2D eigenvalue weighted by Gasteiger charge is 2.28. The Balaban J connectivity index is 1.28. The molecule has 2 aliphatic heterocycles. The van der Waals surface area contributed by atoms with Crippen LogP contribution in [-0.2, 0) is 9.59 Å². The minimum absolute atomic E-state index is 0.00679. The van der Waals surface area contributed by atoms with Crippen molar-refractivity contribution < 1.29 is 14.0 Å². The van der Waals surface area contributed by atoms with Crippen LogP contribution in [0, 0.1) is 5.82 Å². The number of hydrogen-bond donors (Lipinski definition) is 2. The SMILES string of the molecule is C=N/C=C(\NC[C@@H]1CCCN1C(=O)CC)c1ccc(-c2ccc(-c3cnc([C@@H]4CCCN4C=O)[nH]3)cc2)cc1F. The van der Waals surface area contributed by atoms with Gasteiger partial charge in [0.1, 0.15) is 11.6 Å². The van der Waals surface area contributed by atoms with Gasteiger partial charge in [0.2, 0.25) is 12.3 Å². The van der Waals surface area contributed by atoms with E-state index in [0.29, 0.717) is 24.2 Å². The minimum Gasteiger partial charge on any atom is -0.381 e. The molecule has 2 aromatic carbocycles. The zero-order valence-electron chi connectivity index (χ0n) is 22.8. The second-order valence-electron chi connectivity index (χ2n) is 10.3. The van der Waals surface area contributed by atoms with E-state index in [1.54, 1.807) is 17.2 Å². The maximum Gasteiger partial charge on any atom is 0.222 e. The van der Waals surface area contributed by atoms with Gasteiger partial charge < -0.3 is 20.1 Å². The summed E-state index contributed by atoms with van der Waals surface area (Å²) in [5.74, 6) is 0.571. The first-order valence-corrected chi connectivity index (χ1v) is 13.9. The Morgan fingerprint density at radius 1 is 1.15 bits per heavy atom. The number of H-pyrrole nitrogens is 1. The Hall–Kier alpha value is -4.27. The molecule has 5 rings (SSSR count). The molecule has 2 atom stereocenters. The highest BCUT2D eigenvalue weighted by atomic mass is 19.1. The van der Waals surface area contributed by atoms with Gasteiger partial charge in [0.15, 0.2) is 0 Å². The van der Waals surface area contributed by atoms with Gasteiger partial charge in [0, 0.05) is 43.9 Å². The number of likely N-dealkylation sites (tertiary alicyclic amines) is 2. The van der Waals surface area contributed by atoms with Gasteiger partial charge in [-0.25, -0.2) is 9.37 Å². The number of aromatic amines is 1. The number of halogens is 1. The van der Waals surface area contributed by atoms with Crippen molar-refractivity contribution in [1.82, 2.24) is 25.1 Å². The molecule has 8 nitrogen and oxygen atoms in total. The van der Waals surface area contributed by atoms with Crippen molar-refractivity contribution in [1.29, 1.82) is 0 Å². The van der Waals surface area contributed by atoms with E-state index in [2.05, 4.69) is 27.0 Å². The number of nitrogens with one attached hydrogen (secondary N) is 2. The normalized spacial score (nSPS) is 19.2. The monoisotopic (exact) mass is 542 g/mol. The molecule has 208 valence electrons. The Morgan fingerprint density at radius 3 is 2.62 bits per heavy atom. The van der Waals surface area contributed by atoms with Crippen molar-refractivity contribution in [3.8, 4) is 22.4 Å². The van der Waals surface area contributed by atoms with Crippen molar-refractivity contribution in [3.05, 3.63) is 72.1 Å². The maximum absolute atomic E-state index is 15.4. The summed E-state index contributed by atoms with van der Waals surface area (Å²) in [5.41, 5.74) is 4.42. The van der Waals surface area contributed by atoms with Crippen molar-refractivity contribution >= 4 is 24.7 Å². The van der Waals surface area contributed by atoms with Crippen LogP contribution in [0.25, 0.3) is 28.1 Å². The smallest absolute Gasteiger partial charge is 0.222 e. The Morgan fingerprint density at radius 2 is 1.90 bits per heavy atom. The topological polar surface area (TPSA) is 93.7 Å². The zero-order valence-corrected chi connectivity index (χ0v) is 22.8. The third-order valence-corrected chi connectivity index (χ3v) is 7.88. The number of carbonyl (C=O) groups excluding carboxylic acids is 2. The van der Waals surface area contributed by atoms with E-state index in [1.165, 1.54) is 12.3 Å². The molecule has 0 spiro atoms. The number of benzene rings is 2. The summed E-state index contributed by atoms with van der Waals surface area (Å²) in [6.07, 6.45) is 8.44. The van der Waals surface area contributed by atoms with Gasteiger partial charge in [-0.3, -0.25) is 14.6 Å². The molecule has 1 aromatic heterocycles. The number of aromatic nitrogens is 2. The molecule has 3 heterocycles. The first-order chi connectivity index (χ1) is 19.5. The lowest BCUT2D eigenvalue weighted by Crippen LogP contribution is -2.41. The van der Waals surface area contributed by atoms with Crippen LogP contribution in [0.4, 0.5) is 4.39 Å². The van der Waals surface area contributed by atoms with E-state index >= 15 is 4.39 Å². The first kappa shape index (κ1) is 27.3. The quantitative estimate of drug-likeness (QED) is 0.273. The minimum atomic E-state index is -0.369. The fraction of sp³-hybridized carbons (Fsp3) is 0.355. The Bertz CT molecular complexity index is 1400. The largest absolute Gasteiger partial charge is 0.381 e. The number of rotatable bonds is 10. The molecular formula is C31H35FN6O2. The molecule has 40 heavy (non-hydrogen) atoms. The number of amides is 2. The Labute approximate surface area is 234 Å². The molecule has 0 aliphatic carbocycles. The predicted molar refractivity (Wildman–Crippen MR) is 155 cm³/mol. The fourth-order valence-electron chi connectivity index (χ4n) is 5.73. The molecule has 0 bridgehead atoms. The lowest BCUT2D eigenvalue weighted by molar-refractivity contribution is -0.131. The molecular weight excluding hydrogens is 507 g/mol. The molecule has 9 heteroatoms. The van der Waals surface area contributed by atoms with Crippen molar-refractivity contribution in [3.63, 3.8) is 0 Å². The fourth-order valence-corrected chi connectivity index (χ4v) is 5.73. The average Bonchev–Trinajstić information content (AvgIpc) is 3.75. The van der Waals surface area contributed by atoms with Gasteiger partial charge in [-0.05, 0) is 61.2 Å². The molecule has 2 saturated heterocycles. The van der Waals surface area contributed by atoms with Gasteiger partial charge >= 0.3 is 0 Å². The van der Waals surface area contributed by atoms with Gasteiger partial charge in [-0.1, -0.05) is 37.3 Å². The summed E-state index contributed by atoms with van der Waals surface area (Å²) in [4.78, 5) is 39.0. The van der Waals surface area contributed by atoms with Crippen LogP contribution in [0.2, 0.25) is 0 Å². The highest BCUT2D eigenvalue weighted by Crippen LogP contribution is 2.31. The zero-order chi connectivity index (χ0) is 28.1. The molecule has 2 aliphatic rings. The molecule has 3 aromatic rings. The van der Waals surface area contributed by atoms with Crippen LogP contribution in [0.3, 0.4) is 0 Å². The standard InChI is InChI=1S/C31H35FN6O2/c1-3-30(40)38-15-4-6-24(38)17-34-28(18-33-2)25-13-12-23(16-26(25)32)21-8-10-22(11-9-21)27-19-35-31(36-27)29-7-5-14-37(29)20-39/h8-13,16,18-20,24,29,34H,2-7,14-15,17H2,1H3,(H,35,36)/b28-18-/t24-,29-/m0/s1. The third-order valence-electron chi connectivity index (χ3n) is 7.88. The summed E-state index contributed by atoms with van der Waals surface area (Å²) >= 11 is 0. The summed E-state index contributed by atoms with van der Waals surface area (Å²) < 4.78 is 15.4. The summed E-state index contributed by atoms with van der Waals surface area (Å²) in [6, 6.07) is 13.1. The van der Waals surface area contributed by atoms with Crippen molar-refractivity contribution in [2.24, 2.45) is 4.99 Å². The lowest BCUT2D eigenvalue weighted by atomic mass is 10.0. The van der Waals surface area contributed by atoms with Gasteiger partial charge in [-0.15, -0.1) is 0 Å². The third kappa shape index (κ3) is 5.68. The molecule has 2 N–H and O–H groups in total. The van der Waals surface area contributed by atoms with E-state index in [0.717, 1.165) is 73.4 Å². The number of imidazole rings is 1. The average molecular weight is 543 g/mol. The van der Waals surface area contributed by atoms with E-state index in [1.807, 2.05) is 42.2 Å². The number of aliphatic imine (C=N–C) groups is 1. The van der Waals surface area contributed by atoms with Crippen LogP contribution in [0.15, 0.2) is 59.9 Å². The Kier molecular flexibility index (Phi) is 8.38. The van der Waals surface area contributed by atoms with Crippen LogP contribution in [0.1, 0.15) is 56.5 Å². The number of carbonyl (C=O) groups is 2. The van der Waals surface area contributed by atoms with Gasteiger partial charge in [0.25, 0.3) is 0 Å². The van der Waals surface area contributed by atoms with Crippen LogP contribution in [0.5, 0.6) is 0 Å². The van der Waals surface area contributed by atoms with E-state index in [9.17, 15) is 9.59 Å². The van der Waals surface area contributed by atoms with E-state index < -0.39 is 0 Å². The maximum atomic E-state index is 15.4. The lowest BCUT2D eigenvalue weighted by Gasteiger charge is -2.25.